The zero-order valence-electron chi connectivity index (χ0n) is 12.2. The quantitative estimate of drug-likeness (QED) is 0.680. The Morgan fingerprint density at radius 2 is 2.00 bits per heavy atom. The molecule has 2 aromatic rings. The summed E-state index contributed by atoms with van der Waals surface area (Å²) >= 11 is 5.84. The van der Waals surface area contributed by atoms with Gasteiger partial charge in [0.15, 0.2) is 0 Å². The summed E-state index contributed by atoms with van der Waals surface area (Å²) < 4.78 is 10.4. The number of carbonyl (C=O) groups is 1. The van der Waals surface area contributed by atoms with E-state index in [4.69, 9.17) is 21.1 Å². The molecule has 114 valence electrons. The lowest BCUT2D eigenvalue weighted by Gasteiger charge is -2.06. The van der Waals surface area contributed by atoms with Gasteiger partial charge in [0.1, 0.15) is 11.5 Å². The van der Waals surface area contributed by atoms with Crippen LogP contribution in [0, 0.1) is 0 Å². The van der Waals surface area contributed by atoms with Crippen LogP contribution in [0.15, 0.2) is 47.6 Å². The Labute approximate surface area is 133 Å². The van der Waals surface area contributed by atoms with Crippen LogP contribution in [0.2, 0.25) is 5.02 Å². The van der Waals surface area contributed by atoms with Crippen molar-refractivity contribution in [3.8, 4) is 11.5 Å². The van der Waals surface area contributed by atoms with E-state index in [1.807, 2.05) is 0 Å². The summed E-state index contributed by atoms with van der Waals surface area (Å²) in [5.74, 6) is 0.950. The van der Waals surface area contributed by atoms with Gasteiger partial charge < -0.3 is 9.47 Å². The van der Waals surface area contributed by atoms with E-state index in [0.29, 0.717) is 27.6 Å². The molecule has 0 aliphatic heterocycles. The van der Waals surface area contributed by atoms with Crippen molar-refractivity contribution >= 4 is 23.7 Å². The third-order valence-corrected chi connectivity index (χ3v) is 3.13. The van der Waals surface area contributed by atoms with Crippen LogP contribution in [0.4, 0.5) is 0 Å². The van der Waals surface area contributed by atoms with E-state index < -0.39 is 0 Å². The number of amides is 1. The number of halogens is 1. The Hall–Kier alpha value is -2.53. The first-order valence-corrected chi connectivity index (χ1v) is 6.83. The number of methoxy groups -OCH3 is 2. The van der Waals surface area contributed by atoms with Gasteiger partial charge >= 0.3 is 0 Å². The molecule has 1 N–H and O–H groups in total. The summed E-state index contributed by atoms with van der Waals surface area (Å²) in [6, 6.07) is 11.9. The summed E-state index contributed by atoms with van der Waals surface area (Å²) in [7, 11) is 3.13. The molecular weight excluding hydrogens is 304 g/mol. The first-order chi connectivity index (χ1) is 10.6. The van der Waals surface area contributed by atoms with Crippen LogP contribution >= 0.6 is 11.6 Å². The highest BCUT2D eigenvalue weighted by Gasteiger charge is 2.05. The Morgan fingerprint density at radius 1 is 1.18 bits per heavy atom. The van der Waals surface area contributed by atoms with Gasteiger partial charge in [-0.2, -0.15) is 5.10 Å². The molecule has 0 atom stereocenters. The highest BCUT2D eigenvalue weighted by atomic mass is 35.5. The summed E-state index contributed by atoms with van der Waals surface area (Å²) in [5.41, 5.74) is 3.56. The van der Waals surface area contributed by atoms with Crippen molar-refractivity contribution in [1.29, 1.82) is 0 Å². The Morgan fingerprint density at radius 3 is 2.68 bits per heavy atom. The number of hydrogen-bond donors (Lipinski definition) is 1. The molecule has 0 aliphatic carbocycles. The van der Waals surface area contributed by atoms with Crippen LogP contribution in [0.25, 0.3) is 0 Å². The smallest absolute Gasteiger partial charge is 0.271 e. The number of rotatable bonds is 5. The lowest BCUT2D eigenvalue weighted by atomic mass is 10.2. The average molecular weight is 319 g/mol. The van der Waals surface area contributed by atoms with Crippen molar-refractivity contribution in [3.63, 3.8) is 0 Å². The second-order valence-electron chi connectivity index (χ2n) is 4.32. The number of benzene rings is 2. The topological polar surface area (TPSA) is 59.9 Å². The monoisotopic (exact) mass is 318 g/mol. The van der Waals surface area contributed by atoms with E-state index in [1.54, 1.807) is 56.7 Å². The van der Waals surface area contributed by atoms with Crippen LogP contribution in [0.3, 0.4) is 0 Å². The molecule has 6 heteroatoms. The standard InChI is InChI=1S/C16H15ClN2O3/c1-21-14-6-7-15(22-2)12(9-14)10-18-19-16(20)11-4-3-5-13(17)8-11/h3-10H,1-2H3,(H,19,20). The number of hydrazone groups is 1. The van der Waals surface area contributed by atoms with Crippen molar-refractivity contribution in [1.82, 2.24) is 5.43 Å². The minimum Gasteiger partial charge on any atom is -0.497 e. The molecule has 0 aliphatic rings. The van der Waals surface area contributed by atoms with Gasteiger partial charge in [0.05, 0.1) is 20.4 Å². The van der Waals surface area contributed by atoms with E-state index in [-0.39, 0.29) is 5.91 Å². The number of ether oxygens (including phenoxy) is 2. The summed E-state index contributed by atoms with van der Waals surface area (Å²) in [6.07, 6.45) is 1.49. The number of nitrogens with zero attached hydrogens (tertiary/aromatic N) is 1. The van der Waals surface area contributed by atoms with E-state index >= 15 is 0 Å². The Bertz CT molecular complexity index is 702. The molecule has 1 amide bonds. The number of nitrogens with one attached hydrogen (secondary N) is 1. The van der Waals surface area contributed by atoms with Crippen LogP contribution in [0.1, 0.15) is 15.9 Å². The molecule has 2 aromatic carbocycles. The van der Waals surface area contributed by atoms with Crippen LogP contribution in [-0.2, 0) is 0 Å². The minimum atomic E-state index is -0.347. The lowest BCUT2D eigenvalue weighted by molar-refractivity contribution is 0.0955. The third kappa shape index (κ3) is 3.99. The fraction of sp³-hybridized carbons (Fsp3) is 0.125. The van der Waals surface area contributed by atoms with Gasteiger partial charge in [-0.3, -0.25) is 4.79 Å². The fourth-order valence-corrected chi connectivity index (χ4v) is 1.99. The molecule has 22 heavy (non-hydrogen) atoms. The van der Waals surface area contributed by atoms with Gasteiger partial charge in [-0.1, -0.05) is 17.7 Å². The van der Waals surface area contributed by atoms with Crippen molar-refractivity contribution in [2.45, 2.75) is 0 Å². The normalized spacial score (nSPS) is 10.5. The highest BCUT2D eigenvalue weighted by Crippen LogP contribution is 2.22. The maximum Gasteiger partial charge on any atom is 0.271 e. The summed E-state index contributed by atoms with van der Waals surface area (Å²) in [4.78, 5) is 11.9. The fourth-order valence-electron chi connectivity index (χ4n) is 1.80. The molecule has 0 radical (unpaired) electrons. The molecule has 0 saturated heterocycles. The zero-order valence-corrected chi connectivity index (χ0v) is 12.9. The molecule has 0 saturated carbocycles. The number of hydrogen-bond acceptors (Lipinski definition) is 4. The largest absolute Gasteiger partial charge is 0.497 e. The average Bonchev–Trinajstić information content (AvgIpc) is 2.54. The third-order valence-electron chi connectivity index (χ3n) is 2.89. The zero-order chi connectivity index (χ0) is 15.9. The van der Waals surface area contributed by atoms with E-state index in [2.05, 4.69) is 10.5 Å². The molecule has 0 unspecified atom stereocenters. The first kappa shape index (κ1) is 15.9. The van der Waals surface area contributed by atoms with E-state index in [0.717, 1.165) is 0 Å². The van der Waals surface area contributed by atoms with Gasteiger partial charge in [-0.25, -0.2) is 5.43 Å². The van der Waals surface area contributed by atoms with Crippen molar-refractivity contribution in [3.05, 3.63) is 58.6 Å². The van der Waals surface area contributed by atoms with Crippen molar-refractivity contribution < 1.29 is 14.3 Å². The van der Waals surface area contributed by atoms with Crippen LogP contribution in [-0.4, -0.2) is 26.3 Å². The SMILES string of the molecule is COc1ccc(OC)c(C=NNC(=O)c2cccc(Cl)c2)c1. The van der Waals surface area contributed by atoms with Crippen molar-refractivity contribution in [2.24, 2.45) is 5.10 Å². The van der Waals surface area contributed by atoms with Gasteiger partial charge in [0, 0.05) is 16.1 Å². The molecule has 0 fully saturated rings. The minimum absolute atomic E-state index is 0.347. The molecular formula is C16H15ClN2O3. The predicted octanol–water partition coefficient (Wildman–Crippen LogP) is 3.12. The summed E-state index contributed by atoms with van der Waals surface area (Å²) in [6.45, 7) is 0. The van der Waals surface area contributed by atoms with E-state index in [9.17, 15) is 4.79 Å². The maximum absolute atomic E-state index is 11.9. The number of carbonyl (C=O) groups excluding carboxylic acids is 1. The predicted molar refractivity (Wildman–Crippen MR) is 86.1 cm³/mol. The molecule has 0 aromatic heterocycles. The molecule has 0 bridgehead atoms. The van der Waals surface area contributed by atoms with Gasteiger partial charge in [0.25, 0.3) is 5.91 Å². The van der Waals surface area contributed by atoms with Gasteiger partial charge in [-0.05, 0) is 36.4 Å². The van der Waals surface area contributed by atoms with Crippen LogP contribution < -0.4 is 14.9 Å². The second-order valence-corrected chi connectivity index (χ2v) is 4.75. The molecule has 0 spiro atoms. The first-order valence-electron chi connectivity index (χ1n) is 6.45. The van der Waals surface area contributed by atoms with Gasteiger partial charge in [0.2, 0.25) is 0 Å². The van der Waals surface area contributed by atoms with Gasteiger partial charge in [-0.15, -0.1) is 0 Å². The summed E-state index contributed by atoms with van der Waals surface area (Å²) in [5, 5.41) is 4.42. The lowest BCUT2D eigenvalue weighted by Crippen LogP contribution is -2.17. The molecule has 2 rings (SSSR count). The highest BCUT2D eigenvalue weighted by molar-refractivity contribution is 6.30. The van der Waals surface area contributed by atoms with Crippen LogP contribution in [0.5, 0.6) is 11.5 Å². The molecule has 0 heterocycles. The van der Waals surface area contributed by atoms with Crippen molar-refractivity contribution in [2.75, 3.05) is 14.2 Å². The maximum atomic E-state index is 11.9. The molecule has 5 nitrogen and oxygen atoms in total. The Kier molecular flexibility index (Phi) is 5.38. The van der Waals surface area contributed by atoms with E-state index in [1.165, 1.54) is 6.21 Å². The second kappa shape index (κ2) is 7.47. The Balaban J connectivity index is 2.10.